The standard InChI is InChI=1S/C15H15N3/c1-11-9-17-14-13(11)7-8-16-15(14)18-10-12-5-3-2-4-6-12/h2-9,13H,10H2,1H3,(H,16,18). The maximum atomic E-state index is 4.62. The molecular formula is C15H15N3. The van der Waals surface area contributed by atoms with Crippen LogP contribution in [0.25, 0.3) is 0 Å². The molecular weight excluding hydrogens is 222 g/mol. The summed E-state index contributed by atoms with van der Waals surface area (Å²) in [6, 6.07) is 10.2. The predicted molar refractivity (Wildman–Crippen MR) is 74.5 cm³/mol. The van der Waals surface area contributed by atoms with Gasteiger partial charge in [-0.1, -0.05) is 36.4 Å². The number of benzene rings is 1. The molecule has 3 nitrogen and oxygen atoms in total. The third-order valence-electron chi connectivity index (χ3n) is 3.21. The predicted octanol–water partition coefficient (Wildman–Crippen LogP) is 2.68. The fraction of sp³-hybridized carbons (Fsp3) is 0.200. The van der Waals surface area contributed by atoms with Gasteiger partial charge in [-0.3, -0.25) is 9.98 Å². The van der Waals surface area contributed by atoms with Crippen molar-refractivity contribution < 1.29 is 0 Å². The Morgan fingerprint density at radius 2 is 2.11 bits per heavy atom. The highest BCUT2D eigenvalue weighted by Crippen LogP contribution is 2.23. The zero-order valence-electron chi connectivity index (χ0n) is 10.3. The molecule has 3 rings (SSSR count). The van der Waals surface area contributed by atoms with Crippen LogP contribution < -0.4 is 5.32 Å². The lowest BCUT2D eigenvalue weighted by atomic mass is 9.95. The number of amidine groups is 1. The molecule has 2 aliphatic rings. The van der Waals surface area contributed by atoms with Crippen LogP contribution in [0.1, 0.15) is 12.5 Å². The van der Waals surface area contributed by atoms with Crippen LogP contribution in [-0.4, -0.2) is 11.5 Å². The SMILES string of the molecule is CC1=CN=C2C(=NCc3ccccc3)NC=CC12. The third kappa shape index (κ3) is 1.99. The van der Waals surface area contributed by atoms with Gasteiger partial charge in [0.25, 0.3) is 0 Å². The van der Waals surface area contributed by atoms with Crippen molar-refractivity contribution in [2.24, 2.45) is 15.9 Å². The lowest BCUT2D eigenvalue weighted by molar-refractivity contribution is 0.990. The highest BCUT2D eigenvalue weighted by Gasteiger charge is 2.26. The van der Waals surface area contributed by atoms with E-state index >= 15 is 0 Å². The third-order valence-corrected chi connectivity index (χ3v) is 3.21. The van der Waals surface area contributed by atoms with Crippen LogP contribution in [0.2, 0.25) is 0 Å². The molecule has 1 aromatic carbocycles. The van der Waals surface area contributed by atoms with E-state index in [9.17, 15) is 0 Å². The molecule has 0 aliphatic carbocycles. The fourth-order valence-electron chi connectivity index (χ4n) is 2.18. The van der Waals surface area contributed by atoms with Gasteiger partial charge in [-0.25, -0.2) is 0 Å². The summed E-state index contributed by atoms with van der Waals surface area (Å²) in [5.74, 6) is 1.19. The molecule has 0 fully saturated rings. The van der Waals surface area contributed by atoms with Gasteiger partial charge in [-0.05, 0) is 24.3 Å². The Morgan fingerprint density at radius 1 is 1.28 bits per heavy atom. The van der Waals surface area contributed by atoms with E-state index in [1.807, 2.05) is 30.6 Å². The minimum absolute atomic E-state index is 0.306. The maximum Gasteiger partial charge on any atom is 0.148 e. The van der Waals surface area contributed by atoms with E-state index in [4.69, 9.17) is 0 Å². The number of allylic oxidation sites excluding steroid dienone is 2. The Kier molecular flexibility index (Phi) is 2.81. The van der Waals surface area contributed by atoms with E-state index in [0.29, 0.717) is 12.5 Å². The lowest BCUT2D eigenvalue weighted by Gasteiger charge is -2.18. The molecule has 3 heteroatoms. The molecule has 0 radical (unpaired) electrons. The molecule has 2 aliphatic heterocycles. The quantitative estimate of drug-likeness (QED) is 0.843. The van der Waals surface area contributed by atoms with Crippen molar-refractivity contribution >= 4 is 11.5 Å². The van der Waals surface area contributed by atoms with Gasteiger partial charge in [0.1, 0.15) is 5.84 Å². The smallest absolute Gasteiger partial charge is 0.148 e. The Hall–Kier alpha value is -2.16. The number of hydrogen-bond acceptors (Lipinski definition) is 2. The van der Waals surface area contributed by atoms with Gasteiger partial charge >= 0.3 is 0 Å². The van der Waals surface area contributed by atoms with Crippen molar-refractivity contribution in [1.29, 1.82) is 0 Å². The molecule has 0 saturated heterocycles. The average molecular weight is 237 g/mol. The zero-order chi connectivity index (χ0) is 12.4. The molecule has 0 amide bonds. The van der Waals surface area contributed by atoms with Crippen LogP contribution in [0, 0.1) is 5.92 Å². The fourth-order valence-corrected chi connectivity index (χ4v) is 2.18. The van der Waals surface area contributed by atoms with Gasteiger partial charge in [0.15, 0.2) is 0 Å². The van der Waals surface area contributed by atoms with E-state index in [1.165, 1.54) is 11.1 Å². The average Bonchev–Trinajstić information content (AvgIpc) is 2.80. The summed E-state index contributed by atoms with van der Waals surface area (Å²) in [6.07, 6.45) is 6.00. The second kappa shape index (κ2) is 4.61. The van der Waals surface area contributed by atoms with Crippen molar-refractivity contribution in [3.63, 3.8) is 0 Å². The Labute approximate surface area is 107 Å². The molecule has 0 saturated carbocycles. The van der Waals surface area contributed by atoms with Crippen LogP contribution in [0.5, 0.6) is 0 Å². The first kappa shape index (κ1) is 11.0. The molecule has 0 bridgehead atoms. The summed E-state index contributed by atoms with van der Waals surface area (Å²) >= 11 is 0. The Bertz CT molecular complexity index is 565. The summed E-state index contributed by atoms with van der Waals surface area (Å²) in [5.41, 5.74) is 3.52. The maximum absolute atomic E-state index is 4.62. The van der Waals surface area contributed by atoms with Gasteiger partial charge in [0.2, 0.25) is 0 Å². The first-order chi connectivity index (χ1) is 8.84. The Balaban J connectivity index is 1.80. The van der Waals surface area contributed by atoms with Crippen molar-refractivity contribution in [2.45, 2.75) is 13.5 Å². The van der Waals surface area contributed by atoms with Gasteiger partial charge in [-0.2, -0.15) is 0 Å². The van der Waals surface area contributed by atoms with Crippen LogP contribution >= 0.6 is 0 Å². The minimum Gasteiger partial charge on any atom is -0.346 e. The van der Waals surface area contributed by atoms with E-state index in [2.05, 4.69) is 40.4 Å². The van der Waals surface area contributed by atoms with Crippen LogP contribution in [0.15, 0.2) is 64.4 Å². The first-order valence-electron chi connectivity index (χ1n) is 6.11. The Morgan fingerprint density at radius 3 is 2.94 bits per heavy atom. The van der Waals surface area contributed by atoms with E-state index < -0.39 is 0 Å². The largest absolute Gasteiger partial charge is 0.346 e. The number of rotatable bonds is 2. The van der Waals surface area contributed by atoms with Gasteiger partial charge in [0, 0.05) is 12.1 Å². The molecule has 1 aromatic rings. The molecule has 90 valence electrons. The minimum atomic E-state index is 0.306. The van der Waals surface area contributed by atoms with E-state index in [1.54, 1.807) is 0 Å². The van der Waals surface area contributed by atoms with Crippen molar-refractivity contribution in [1.82, 2.24) is 5.32 Å². The van der Waals surface area contributed by atoms with Gasteiger partial charge < -0.3 is 5.32 Å². The number of hydrogen-bond donors (Lipinski definition) is 1. The molecule has 1 atom stereocenters. The monoisotopic (exact) mass is 237 g/mol. The van der Waals surface area contributed by atoms with E-state index in [-0.39, 0.29) is 0 Å². The van der Waals surface area contributed by atoms with Crippen LogP contribution in [0.4, 0.5) is 0 Å². The second-order valence-electron chi connectivity index (χ2n) is 4.52. The molecule has 0 aromatic heterocycles. The summed E-state index contributed by atoms with van der Waals surface area (Å²) in [4.78, 5) is 9.06. The summed E-state index contributed by atoms with van der Waals surface area (Å²) in [6.45, 7) is 2.79. The lowest BCUT2D eigenvalue weighted by Crippen LogP contribution is -2.35. The van der Waals surface area contributed by atoms with E-state index in [0.717, 1.165) is 11.5 Å². The molecule has 0 spiro atoms. The highest BCUT2D eigenvalue weighted by molar-refractivity contribution is 6.44. The number of fused-ring (bicyclic) bond motifs is 1. The summed E-state index contributed by atoms with van der Waals surface area (Å²) < 4.78 is 0. The van der Waals surface area contributed by atoms with Gasteiger partial charge in [0.05, 0.1) is 12.3 Å². The molecule has 1 unspecified atom stereocenters. The number of nitrogens with zero attached hydrogens (tertiary/aromatic N) is 2. The van der Waals surface area contributed by atoms with Crippen molar-refractivity contribution in [3.05, 3.63) is 59.9 Å². The molecule has 1 N–H and O–H groups in total. The second-order valence-corrected chi connectivity index (χ2v) is 4.52. The van der Waals surface area contributed by atoms with Crippen LogP contribution in [0.3, 0.4) is 0 Å². The normalized spacial score (nSPS) is 23.4. The first-order valence-corrected chi connectivity index (χ1v) is 6.11. The molecule has 2 heterocycles. The topological polar surface area (TPSA) is 36.8 Å². The number of nitrogens with one attached hydrogen (secondary N) is 1. The van der Waals surface area contributed by atoms with Crippen molar-refractivity contribution in [3.8, 4) is 0 Å². The number of aliphatic imine (C=N–C) groups is 2. The molecule has 18 heavy (non-hydrogen) atoms. The van der Waals surface area contributed by atoms with Gasteiger partial charge in [-0.15, -0.1) is 0 Å². The summed E-state index contributed by atoms with van der Waals surface area (Å²) in [7, 11) is 0. The van der Waals surface area contributed by atoms with Crippen molar-refractivity contribution in [2.75, 3.05) is 0 Å². The highest BCUT2D eigenvalue weighted by atomic mass is 15.0. The zero-order valence-corrected chi connectivity index (χ0v) is 10.3. The summed E-state index contributed by atoms with van der Waals surface area (Å²) in [5, 5.41) is 3.19. The van der Waals surface area contributed by atoms with Crippen LogP contribution in [-0.2, 0) is 6.54 Å².